The Morgan fingerprint density at radius 2 is 1.53 bits per heavy atom. The van der Waals surface area contributed by atoms with E-state index in [1.807, 2.05) is 30.3 Å². The fourth-order valence-electron chi connectivity index (χ4n) is 2.25. The lowest BCUT2D eigenvalue weighted by molar-refractivity contribution is 0.426. The maximum absolute atomic E-state index is 13.3. The third-order valence-corrected chi connectivity index (χ3v) is 3.11. The number of fused-ring (bicyclic) bond motifs is 1. The van der Waals surface area contributed by atoms with E-state index in [-0.39, 0.29) is 5.57 Å². The Morgan fingerprint density at radius 1 is 0.842 bits per heavy atom. The van der Waals surface area contributed by atoms with Gasteiger partial charge < -0.3 is 4.98 Å². The molecule has 0 aliphatic carbocycles. The Balaban J connectivity index is 2.26. The first kappa shape index (κ1) is 11.7. The molecular weight excluding hydrogens is 244 g/mol. The van der Waals surface area contributed by atoms with Gasteiger partial charge in [0, 0.05) is 22.7 Å². The molecule has 0 aliphatic heterocycles. The van der Waals surface area contributed by atoms with E-state index in [0.29, 0.717) is 11.1 Å². The molecule has 0 bridgehead atoms. The highest BCUT2D eigenvalue weighted by atomic mass is 19.3. The van der Waals surface area contributed by atoms with Crippen LogP contribution in [-0.2, 0) is 0 Å². The summed E-state index contributed by atoms with van der Waals surface area (Å²) in [6, 6.07) is 16.1. The number of aromatic amines is 1. The number of aromatic nitrogens is 1. The van der Waals surface area contributed by atoms with Crippen molar-refractivity contribution in [2.45, 2.75) is 0 Å². The van der Waals surface area contributed by atoms with Gasteiger partial charge in [0.2, 0.25) is 0 Å². The summed E-state index contributed by atoms with van der Waals surface area (Å²) in [6.45, 7) is 0. The zero-order valence-corrected chi connectivity index (χ0v) is 10.0. The molecule has 3 rings (SSSR count). The van der Waals surface area contributed by atoms with E-state index in [1.54, 1.807) is 30.5 Å². The summed E-state index contributed by atoms with van der Waals surface area (Å²) in [6.07, 6.45) is -0.0393. The number of rotatable bonds is 2. The Morgan fingerprint density at radius 3 is 2.26 bits per heavy atom. The van der Waals surface area contributed by atoms with Crippen molar-refractivity contribution in [1.29, 1.82) is 0 Å². The fourth-order valence-corrected chi connectivity index (χ4v) is 2.25. The van der Waals surface area contributed by atoms with Gasteiger partial charge in [0.1, 0.15) is 0 Å². The molecule has 1 nitrogen and oxygen atoms in total. The minimum Gasteiger partial charge on any atom is -0.361 e. The molecule has 0 atom stereocenters. The van der Waals surface area contributed by atoms with E-state index in [4.69, 9.17) is 0 Å². The van der Waals surface area contributed by atoms with E-state index in [0.717, 1.165) is 10.9 Å². The number of para-hydroxylation sites is 1. The van der Waals surface area contributed by atoms with Crippen molar-refractivity contribution in [2.75, 3.05) is 0 Å². The van der Waals surface area contributed by atoms with Gasteiger partial charge in [-0.15, -0.1) is 0 Å². The lowest BCUT2D eigenvalue weighted by atomic mass is 9.99. The largest absolute Gasteiger partial charge is 0.361 e. The third-order valence-electron chi connectivity index (χ3n) is 3.11. The van der Waals surface area contributed by atoms with E-state index in [1.165, 1.54) is 0 Å². The highest BCUT2D eigenvalue weighted by molar-refractivity contribution is 5.97. The highest BCUT2D eigenvalue weighted by Gasteiger charge is 2.15. The Labute approximate surface area is 109 Å². The van der Waals surface area contributed by atoms with Gasteiger partial charge in [-0.3, -0.25) is 0 Å². The van der Waals surface area contributed by atoms with Crippen LogP contribution < -0.4 is 0 Å². The average Bonchev–Trinajstić information content (AvgIpc) is 2.84. The molecular formula is C16H11F2N. The lowest BCUT2D eigenvalue weighted by Crippen LogP contribution is -1.88. The SMILES string of the molecule is FC(F)=C(c1ccccc1)c1c[nH]c2ccccc12. The van der Waals surface area contributed by atoms with Gasteiger partial charge in [-0.1, -0.05) is 48.5 Å². The minimum absolute atomic E-state index is 0.0157. The van der Waals surface area contributed by atoms with Crippen LogP contribution in [0.15, 0.2) is 66.9 Å². The summed E-state index contributed by atoms with van der Waals surface area (Å²) >= 11 is 0. The van der Waals surface area contributed by atoms with Crippen LogP contribution in [0.4, 0.5) is 8.78 Å². The van der Waals surface area contributed by atoms with Gasteiger partial charge in [-0.2, -0.15) is 8.78 Å². The van der Waals surface area contributed by atoms with Crippen molar-refractivity contribution < 1.29 is 8.78 Å². The van der Waals surface area contributed by atoms with Gasteiger partial charge in [-0.25, -0.2) is 0 Å². The normalized spacial score (nSPS) is 10.6. The quantitative estimate of drug-likeness (QED) is 0.675. The first-order valence-corrected chi connectivity index (χ1v) is 5.94. The summed E-state index contributed by atoms with van der Waals surface area (Å²) in [7, 11) is 0. The molecule has 0 saturated carbocycles. The van der Waals surface area contributed by atoms with Gasteiger partial charge in [0.15, 0.2) is 0 Å². The molecule has 0 saturated heterocycles. The molecule has 0 spiro atoms. The maximum atomic E-state index is 13.3. The number of hydrogen-bond acceptors (Lipinski definition) is 0. The first-order chi connectivity index (χ1) is 9.27. The highest BCUT2D eigenvalue weighted by Crippen LogP contribution is 2.33. The molecule has 3 heteroatoms. The monoisotopic (exact) mass is 255 g/mol. The van der Waals surface area contributed by atoms with Crippen LogP contribution in [0.25, 0.3) is 16.5 Å². The van der Waals surface area contributed by atoms with Gasteiger partial charge >= 0.3 is 0 Å². The van der Waals surface area contributed by atoms with Crippen LogP contribution in [0.2, 0.25) is 0 Å². The molecule has 1 heterocycles. The summed E-state index contributed by atoms with van der Waals surface area (Å²) < 4.78 is 26.7. The molecule has 1 aromatic heterocycles. The second kappa shape index (κ2) is 4.69. The molecule has 0 amide bonds. The van der Waals surface area contributed by atoms with Crippen LogP contribution >= 0.6 is 0 Å². The summed E-state index contributed by atoms with van der Waals surface area (Å²) in [5.74, 6) is 0. The van der Waals surface area contributed by atoms with Gasteiger partial charge in [0.25, 0.3) is 6.08 Å². The van der Waals surface area contributed by atoms with Crippen LogP contribution in [0.1, 0.15) is 11.1 Å². The zero-order chi connectivity index (χ0) is 13.2. The fraction of sp³-hybridized carbons (Fsp3) is 0. The Hall–Kier alpha value is -2.42. The van der Waals surface area contributed by atoms with Crippen molar-refractivity contribution in [3.63, 3.8) is 0 Å². The van der Waals surface area contributed by atoms with E-state index in [2.05, 4.69) is 4.98 Å². The van der Waals surface area contributed by atoms with Crippen molar-refractivity contribution in [2.24, 2.45) is 0 Å². The standard InChI is InChI=1S/C16H11F2N/c17-16(18)15(11-6-2-1-3-7-11)13-10-19-14-9-5-4-8-12(13)14/h1-10,19H. The number of hydrogen-bond donors (Lipinski definition) is 1. The van der Waals surface area contributed by atoms with Crippen LogP contribution in [0.5, 0.6) is 0 Å². The van der Waals surface area contributed by atoms with E-state index >= 15 is 0 Å². The second-order valence-electron chi connectivity index (χ2n) is 4.25. The van der Waals surface area contributed by atoms with E-state index < -0.39 is 6.08 Å². The number of nitrogens with one attached hydrogen (secondary N) is 1. The Bertz CT molecular complexity index is 738. The zero-order valence-electron chi connectivity index (χ0n) is 10.0. The Kier molecular flexibility index (Phi) is 2.88. The molecule has 2 aromatic carbocycles. The second-order valence-corrected chi connectivity index (χ2v) is 4.25. The van der Waals surface area contributed by atoms with E-state index in [9.17, 15) is 8.78 Å². The van der Waals surface area contributed by atoms with Crippen LogP contribution in [0, 0.1) is 0 Å². The number of benzene rings is 2. The van der Waals surface area contributed by atoms with Crippen LogP contribution in [0.3, 0.4) is 0 Å². The maximum Gasteiger partial charge on any atom is 0.278 e. The predicted octanol–water partition coefficient (Wildman–Crippen LogP) is 4.82. The number of halogens is 2. The summed E-state index contributed by atoms with van der Waals surface area (Å²) in [5.41, 5.74) is 1.89. The average molecular weight is 255 g/mol. The molecule has 94 valence electrons. The molecule has 3 aromatic rings. The lowest BCUT2D eigenvalue weighted by Gasteiger charge is -2.05. The summed E-state index contributed by atoms with van der Waals surface area (Å²) in [5, 5.41) is 0.800. The third kappa shape index (κ3) is 2.03. The smallest absolute Gasteiger partial charge is 0.278 e. The topological polar surface area (TPSA) is 15.8 Å². The van der Waals surface area contributed by atoms with Gasteiger partial charge in [-0.05, 0) is 11.6 Å². The summed E-state index contributed by atoms with van der Waals surface area (Å²) in [4.78, 5) is 3.03. The molecule has 19 heavy (non-hydrogen) atoms. The predicted molar refractivity (Wildman–Crippen MR) is 73.0 cm³/mol. The van der Waals surface area contributed by atoms with Crippen molar-refractivity contribution in [1.82, 2.24) is 4.98 Å². The van der Waals surface area contributed by atoms with Crippen LogP contribution in [-0.4, -0.2) is 4.98 Å². The van der Waals surface area contributed by atoms with Crippen molar-refractivity contribution in [3.05, 3.63) is 78.0 Å². The molecule has 0 radical (unpaired) electrons. The molecule has 0 fully saturated rings. The number of H-pyrrole nitrogens is 1. The molecule has 1 N–H and O–H groups in total. The molecule has 0 aliphatic rings. The van der Waals surface area contributed by atoms with Crippen molar-refractivity contribution >= 4 is 16.5 Å². The first-order valence-electron chi connectivity index (χ1n) is 5.94. The van der Waals surface area contributed by atoms with Crippen molar-refractivity contribution in [3.8, 4) is 0 Å². The van der Waals surface area contributed by atoms with Gasteiger partial charge in [0.05, 0.1) is 5.57 Å². The minimum atomic E-state index is -1.67. The molecule has 0 unspecified atom stereocenters.